The SMILES string of the molecule is CC(C)(C)c1cc(N2c3cc4ccccc4cc3B3c4cc5ccccc5cc4N(c4cc(C(C)(C)C)cc(C(C)(C)C)c4)c4cc(-c5ccc6c(c5)-c5ccccc5C6(C)C)cc2c43)cc(C(C)(C)C)c1. The van der Waals surface area contributed by atoms with Gasteiger partial charge in [0.15, 0.2) is 0 Å². The molecule has 9 aromatic rings. The lowest BCUT2D eigenvalue weighted by atomic mass is 9.33. The Balaban J connectivity index is 1.25. The van der Waals surface area contributed by atoms with Gasteiger partial charge in [0, 0.05) is 39.5 Å². The first-order valence-corrected chi connectivity index (χ1v) is 26.4. The summed E-state index contributed by atoms with van der Waals surface area (Å²) in [6.45, 7) is 33.0. The molecule has 3 aliphatic rings. The van der Waals surface area contributed by atoms with E-state index in [9.17, 15) is 0 Å². The number of benzene rings is 9. The molecule has 0 fully saturated rings. The third kappa shape index (κ3) is 7.28. The first kappa shape index (κ1) is 46.2. The van der Waals surface area contributed by atoms with Gasteiger partial charge in [-0.3, -0.25) is 0 Å². The van der Waals surface area contributed by atoms with Crippen LogP contribution in [0.2, 0.25) is 0 Å². The molecule has 2 aliphatic heterocycles. The first-order chi connectivity index (χ1) is 33.9. The fourth-order valence-corrected chi connectivity index (χ4v) is 12.2. The van der Waals surface area contributed by atoms with Crippen LogP contribution in [0.5, 0.6) is 0 Å². The van der Waals surface area contributed by atoms with Crippen LogP contribution in [-0.2, 0) is 27.1 Å². The molecule has 12 rings (SSSR count). The van der Waals surface area contributed by atoms with Crippen molar-refractivity contribution < 1.29 is 0 Å². The Kier molecular flexibility index (Phi) is 10.0. The average Bonchev–Trinajstić information content (AvgIpc) is 3.56. The molecule has 358 valence electrons. The Morgan fingerprint density at radius 1 is 0.347 bits per heavy atom. The highest BCUT2D eigenvalue weighted by Crippen LogP contribution is 2.52. The standard InChI is InChI=1S/C69H69BN2/c1-65(2,3)48-36-49(66(4,5)6)39-52(38-48)71-60-32-44-23-17-15-21-42(44)30-58(60)70-59-31-43-22-16-18-24-45(43)33-61(59)72(53-40-50(67(7,8)9)37-51(41-53)68(10,11)12)63-35-47(34-62(71)64(63)70)46-27-28-57-55(29-46)54-25-19-20-26-56(54)69(57,13)14/h15-41H,1-14H3. The van der Waals surface area contributed by atoms with Crippen LogP contribution in [0, 0.1) is 0 Å². The second-order valence-electron chi connectivity index (χ2n) is 26.0. The predicted molar refractivity (Wildman–Crippen MR) is 313 cm³/mol. The van der Waals surface area contributed by atoms with Gasteiger partial charge in [0.05, 0.1) is 0 Å². The normalized spacial score (nSPS) is 14.8. The van der Waals surface area contributed by atoms with Crippen LogP contribution < -0.4 is 26.2 Å². The molecule has 0 saturated carbocycles. The minimum atomic E-state index is -0.0856. The summed E-state index contributed by atoms with van der Waals surface area (Å²) in [6, 6.07) is 64.3. The molecule has 0 saturated heterocycles. The van der Waals surface area contributed by atoms with Crippen molar-refractivity contribution in [3.05, 3.63) is 197 Å². The number of anilines is 6. The molecule has 0 aromatic heterocycles. The van der Waals surface area contributed by atoms with Crippen LogP contribution in [0.15, 0.2) is 164 Å². The van der Waals surface area contributed by atoms with E-state index in [2.05, 4.69) is 271 Å². The molecule has 3 heteroatoms. The molecule has 2 nitrogen and oxygen atoms in total. The van der Waals surface area contributed by atoms with E-state index in [1.165, 1.54) is 128 Å². The van der Waals surface area contributed by atoms with E-state index in [-0.39, 0.29) is 33.8 Å². The molecule has 0 bridgehead atoms. The molecule has 0 spiro atoms. The van der Waals surface area contributed by atoms with Crippen molar-refractivity contribution in [1.29, 1.82) is 0 Å². The minimum Gasteiger partial charge on any atom is -0.311 e. The summed E-state index contributed by atoms with van der Waals surface area (Å²) in [5.41, 5.74) is 24.2. The van der Waals surface area contributed by atoms with Crippen molar-refractivity contribution in [2.24, 2.45) is 0 Å². The summed E-state index contributed by atoms with van der Waals surface area (Å²) in [5, 5.41) is 5.01. The second kappa shape index (κ2) is 15.6. The van der Waals surface area contributed by atoms with Gasteiger partial charge < -0.3 is 9.80 Å². The van der Waals surface area contributed by atoms with E-state index in [1.54, 1.807) is 0 Å². The summed E-state index contributed by atoms with van der Waals surface area (Å²) < 4.78 is 0. The van der Waals surface area contributed by atoms with Crippen molar-refractivity contribution >= 4 is 78.8 Å². The fraction of sp³-hybridized carbons (Fsp3) is 0.275. The van der Waals surface area contributed by atoms with Crippen LogP contribution in [0.3, 0.4) is 0 Å². The third-order valence-electron chi connectivity index (χ3n) is 16.5. The topological polar surface area (TPSA) is 6.48 Å². The van der Waals surface area contributed by atoms with Crippen LogP contribution in [0.4, 0.5) is 34.1 Å². The lowest BCUT2D eigenvalue weighted by Crippen LogP contribution is -2.61. The maximum Gasteiger partial charge on any atom is 0.252 e. The smallest absolute Gasteiger partial charge is 0.252 e. The predicted octanol–water partition coefficient (Wildman–Crippen LogP) is 17.2. The molecular weight excluding hydrogens is 868 g/mol. The van der Waals surface area contributed by atoms with Gasteiger partial charge in [0.25, 0.3) is 6.71 Å². The molecular formula is C69H69BN2. The van der Waals surface area contributed by atoms with E-state index >= 15 is 0 Å². The Hall–Kier alpha value is -6.84. The maximum atomic E-state index is 2.66. The highest BCUT2D eigenvalue weighted by molar-refractivity contribution is 7.00. The maximum absolute atomic E-state index is 2.66. The number of nitrogens with zero attached hydrogens (tertiary/aromatic N) is 2. The fourth-order valence-electron chi connectivity index (χ4n) is 12.2. The highest BCUT2D eigenvalue weighted by Gasteiger charge is 2.45. The molecule has 72 heavy (non-hydrogen) atoms. The number of hydrogen-bond acceptors (Lipinski definition) is 2. The Bertz CT molecular complexity index is 3480. The van der Waals surface area contributed by atoms with E-state index < -0.39 is 0 Å². The Morgan fingerprint density at radius 2 is 0.736 bits per heavy atom. The summed E-state index contributed by atoms with van der Waals surface area (Å²) >= 11 is 0. The number of fused-ring (bicyclic) bond motifs is 9. The monoisotopic (exact) mass is 937 g/mol. The minimum absolute atomic E-state index is 0.0378. The summed E-state index contributed by atoms with van der Waals surface area (Å²) in [4.78, 5) is 5.32. The summed E-state index contributed by atoms with van der Waals surface area (Å²) in [7, 11) is 0. The van der Waals surface area contributed by atoms with E-state index in [1.807, 2.05) is 0 Å². The zero-order valence-corrected chi connectivity index (χ0v) is 45.1. The Morgan fingerprint density at radius 3 is 1.17 bits per heavy atom. The van der Waals surface area contributed by atoms with Crippen LogP contribution in [0.1, 0.15) is 130 Å². The number of hydrogen-bond donors (Lipinski definition) is 0. The van der Waals surface area contributed by atoms with E-state index in [0.717, 1.165) is 0 Å². The lowest BCUT2D eigenvalue weighted by Gasteiger charge is -2.45. The molecule has 2 heterocycles. The van der Waals surface area contributed by atoms with Crippen molar-refractivity contribution in [3.63, 3.8) is 0 Å². The number of rotatable bonds is 3. The van der Waals surface area contributed by atoms with Crippen LogP contribution in [-0.4, -0.2) is 6.71 Å². The van der Waals surface area contributed by atoms with Gasteiger partial charge in [0.2, 0.25) is 0 Å². The molecule has 0 atom stereocenters. The van der Waals surface area contributed by atoms with Crippen molar-refractivity contribution in [1.82, 2.24) is 0 Å². The molecule has 0 N–H and O–H groups in total. The van der Waals surface area contributed by atoms with Crippen LogP contribution in [0.25, 0.3) is 43.8 Å². The molecule has 0 radical (unpaired) electrons. The van der Waals surface area contributed by atoms with Gasteiger partial charge in [-0.2, -0.15) is 0 Å². The van der Waals surface area contributed by atoms with E-state index in [4.69, 9.17) is 0 Å². The van der Waals surface area contributed by atoms with Crippen LogP contribution >= 0.6 is 0 Å². The largest absolute Gasteiger partial charge is 0.311 e. The van der Waals surface area contributed by atoms with Gasteiger partial charge in [-0.05, 0) is 170 Å². The van der Waals surface area contributed by atoms with Crippen molar-refractivity contribution in [2.45, 2.75) is 124 Å². The Labute approximate surface area is 429 Å². The van der Waals surface area contributed by atoms with Crippen molar-refractivity contribution in [2.75, 3.05) is 9.80 Å². The quantitative estimate of drug-likeness (QED) is 0.163. The first-order valence-electron chi connectivity index (χ1n) is 26.4. The van der Waals surface area contributed by atoms with Gasteiger partial charge in [-0.15, -0.1) is 0 Å². The summed E-state index contributed by atoms with van der Waals surface area (Å²) in [6.07, 6.45) is 0. The van der Waals surface area contributed by atoms with Gasteiger partial charge >= 0.3 is 0 Å². The van der Waals surface area contributed by atoms with Gasteiger partial charge in [-0.1, -0.05) is 206 Å². The van der Waals surface area contributed by atoms with Gasteiger partial charge in [-0.25, -0.2) is 0 Å². The third-order valence-corrected chi connectivity index (χ3v) is 16.5. The molecule has 0 unspecified atom stereocenters. The second-order valence-corrected chi connectivity index (χ2v) is 26.0. The highest BCUT2D eigenvalue weighted by atomic mass is 15.2. The molecule has 0 amide bonds. The zero-order chi connectivity index (χ0) is 50.6. The summed E-state index contributed by atoms with van der Waals surface area (Å²) in [5.74, 6) is 0. The molecule has 1 aliphatic carbocycles. The lowest BCUT2D eigenvalue weighted by molar-refractivity contribution is 0.568. The molecule has 9 aromatic carbocycles. The van der Waals surface area contributed by atoms with E-state index in [0.29, 0.717) is 0 Å². The average molecular weight is 937 g/mol. The zero-order valence-electron chi connectivity index (χ0n) is 45.1. The van der Waals surface area contributed by atoms with Gasteiger partial charge in [0.1, 0.15) is 0 Å². The van der Waals surface area contributed by atoms with Crippen molar-refractivity contribution in [3.8, 4) is 22.3 Å².